The molecule has 0 aliphatic heterocycles. The van der Waals surface area contributed by atoms with Gasteiger partial charge in [0.25, 0.3) is 0 Å². The minimum atomic E-state index is -2.40. The predicted molar refractivity (Wildman–Crippen MR) is 70.4 cm³/mol. The number of rotatable bonds is 3. The molecule has 0 bridgehead atoms. The molecule has 0 aliphatic carbocycles. The van der Waals surface area contributed by atoms with Gasteiger partial charge in [0, 0.05) is 12.5 Å². The first-order chi connectivity index (χ1) is 8.06. The van der Waals surface area contributed by atoms with E-state index in [0.717, 1.165) is 10.8 Å². The van der Waals surface area contributed by atoms with Crippen LogP contribution in [0.5, 0.6) is 5.75 Å². The summed E-state index contributed by atoms with van der Waals surface area (Å²) in [5.74, 6) is 0.183. The van der Waals surface area contributed by atoms with Crippen LogP contribution < -0.4 is 5.73 Å². The molecule has 2 aromatic carbocycles. The van der Waals surface area contributed by atoms with Gasteiger partial charge in [-0.3, -0.25) is 0 Å². The number of aromatic hydroxyl groups is 1. The summed E-state index contributed by atoms with van der Waals surface area (Å²) in [6, 6.07) is 9.53. The van der Waals surface area contributed by atoms with Crippen LogP contribution >= 0.6 is 12.4 Å². The van der Waals surface area contributed by atoms with Crippen LogP contribution in [0.25, 0.3) is 10.8 Å². The first-order valence-corrected chi connectivity index (χ1v) is 5.32. The van der Waals surface area contributed by atoms with Gasteiger partial charge in [-0.05, 0) is 34.5 Å². The average molecular weight is 274 g/mol. The lowest BCUT2D eigenvalue weighted by Gasteiger charge is -2.12. The highest BCUT2D eigenvalue weighted by atomic mass is 35.5. The normalized spacial score (nSPS) is 12.4. The number of nitrogens with two attached hydrogens (primary N) is 1. The summed E-state index contributed by atoms with van der Waals surface area (Å²) in [6.07, 6.45) is -2.75. The SMILES string of the molecule is Cl.N[C@@H](CC(F)F)c1ccc2cc(O)ccc2c1. The number of benzene rings is 2. The number of halogens is 3. The molecule has 2 aromatic rings. The minimum absolute atomic E-state index is 0. The van der Waals surface area contributed by atoms with E-state index in [9.17, 15) is 13.9 Å². The zero-order valence-corrected chi connectivity index (χ0v) is 10.3. The fourth-order valence-electron chi connectivity index (χ4n) is 1.81. The Morgan fingerprint density at radius 1 is 1.06 bits per heavy atom. The highest BCUT2D eigenvalue weighted by Crippen LogP contribution is 2.25. The summed E-state index contributed by atoms with van der Waals surface area (Å²) in [5, 5.41) is 11.0. The van der Waals surface area contributed by atoms with E-state index in [1.54, 1.807) is 36.4 Å². The Bertz CT molecular complexity index is 533. The van der Waals surface area contributed by atoms with Crippen molar-refractivity contribution >= 4 is 23.2 Å². The number of alkyl halides is 2. The smallest absolute Gasteiger partial charge is 0.240 e. The molecule has 0 fully saturated rings. The van der Waals surface area contributed by atoms with Crippen molar-refractivity contribution in [2.45, 2.75) is 18.9 Å². The summed E-state index contributed by atoms with van der Waals surface area (Å²) in [6.45, 7) is 0. The largest absolute Gasteiger partial charge is 0.508 e. The van der Waals surface area contributed by atoms with Crippen LogP contribution in [0.15, 0.2) is 36.4 Å². The summed E-state index contributed by atoms with van der Waals surface area (Å²) in [7, 11) is 0. The van der Waals surface area contributed by atoms with Crippen LogP contribution in [0.4, 0.5) is 8.78 Å². The molecule has 0 heterocycles. The van der Waals surface area contributed by atoms with E-state index < -0.39 is 12.5 Å². The van der Waals surface area contributed by atoms with Gasteiger partial charge in [-0.2, -0.15) is 0 Å². The van der Waals surface area contributed by atoms with E-state index in [2.05, 4.69) is 0 Å². The molecule has 0 aliphatic rings. The van der Waals surface area contributed by atoms with Crippen LogP contribution in [0.3, 0.4) is 0 Å². The molecule has 1 atom stereocenters. The van der Waals surface area contributed by atoms with Crippen molar-refractivity contribution in [2.75, 3.05) is 0 Å². The molecular formula is C13H14ClF2NO. The molecule has 0 spiro atoms. The van der Waals surface area contributed by atoms with Crippen LogP contribution in [-0.2, 0) is 0 Å². The van der Waals surface area contributed by atoms with E-state index in [-0.39, 0.29) is 24.6 Å². The molecule has 0 saturated carbocycles. The summed E-state index contributed by atoms with van der Waals surface area (Å²) < 4.78 is 24.4. The predicted octanol–water partition coefficient (Wildman–Crippen LogP) is 3.62. The van der Waals surface area contributed by atoms with Gasteiger partial charge in [0.2, 0.25) is 6.43 Å². The molecule has 3 N–H and O–H groups in total. The maximum Gasteiger partial charge on any atom is 0.240 e. The van der Waals surface area contributed by atoms with Crippen molar-refractivity contribution in [1.82, 2.24) is 0 Å². The van der Waals surface area contributed by atoms with Crippen molar-refractivity contribution in [3.05, 3.63) is 42.0 Å². The third kappa shape index (κ3) is 3.31. The van der Waals surface area contributed by atoms with Gasteiger partial charge in [-0.25, -0.2) is 8.78 Å². The summed E-state index contributed by atoms with van der Waals surface area (Å²) >= 11 is 0. The van der Waals surface area contributed by atoms with E-state index in [0.29, 0.717) is 5.56 Å². The molecule has 0 aromatic heterocycles. The van der Waals surface area contributed by atoms with E-state index in [1.807, 2.05) is 0 Å². The maximum atomic E-state index is 12.2. The van der Waals surface area contributed by atoms with Crippen molar-refractivity contribution in [3.8, 4) is 5.75 Å². The van der Waals surface area contributed by atoms with Gasteiger partial charge < -0.3 is 10.8 Å². The van der Waals surface area contributed by atoms with Crippen molar-refractivity contribution < 1.29 is 13.9 Å². The van der Waals surface area contributed by atoms with Gasteiger partial charge >= 0.3 is 0 Å². The van der Waals surface area contributed by atoms with Crippen LogP contribution in [0.2, 0.25) is 0 Å². The first-order valence-electron chi connectivity index (χ1n) is 5.32. The molecule has 0 radical (unpaired) electrons. The standard InChI is InChI=1S/C13H13F2NO.ClH/c14-13(15)7-12(16)10-2-1-9-6-11(17)4-3-8(9)5-10;/h1-6,12-13,17H,7,16H2;1H/t12-;/m0./s1. The lowest BCUT2D eigenvalue weighted by Crippen LogP contribution is -2.13. The van der Waals surface area contributed by atoms with Crippen LogP contribution in [0.1, 0.15) is 18.0 Å². The fraction of sp³-hybridized carbons (Fsp3) is 0.231. The molecule has 0 saturated heterocycles. The first kappa shape index (κ1) is 14.7. The van der Waals surface area contributed by atoms with Gasteiger partial charge in [0.15, 0.2) is 0 Å². The molecule has 98 valence electrons. The van der Waals surface area contributed by atoms with Gasteiger partial charge in [0.1, 0.15) is 5.75 Å². The molecule has 2 rings (SSSR count). The summed E-state index contributed by atoms with van der Waals surface area (Å²) in [4.78, 5) is 0. The zero-order chi connectivity index (χ0) is 12.4. The maximum absolute atomic E-state index is 12.2. The molecule has 5 heteroatoms. The Morgan fingerprint density at radius 2 is 1.67 bits per heavy atom. The number of phenolic OH excluding ortho intramolecular Hbond substituents is 1. The van der Waals surface area contributed by atoms with Crippen LogP contribution in [-0.4, -0.2) is 11.5 Å². The number of fused-ring (bicyclic) bond motifs is 1. The number of hydrogen-bond donors (Lipinski definition) is 2. The Morgan fingerprint density at radius 3 is 2.33 bits per heavy atom. The third-order valence-electron chi connectivity index (χ3n) is 2.71. The Kier molecular flexibility index (Phi) is 4.87. The topological polar surface area (TPSA) is 46.2 Å². The van der Waals surface area contributed by atoms with E-state index in [1.165, 1.54) is 0 Å². The zero-order valence-electron chi connectivity index (χ0n) is 9.51. The lowest BCUT2D eigenvalue weighted by molar-refractivity contribution is 0.128. The van der Waals surface area contributed by atoms with Gasteiger partial charge in [-0.1, -0.05) is 18.2 Å². The van der Waals surface area contributed by atoms with Gasteiger partial charge in [0.05, 0.1) is 0 Å². The quantitative estimate of drug-likeness (QED) is 0.897. The molecule has 0 unspecified atom stereocenters. The van der Waals surface area contributed by atoms with Crippen molar-refractivity contribution in [3.63, 3.8) is 0 Å². The van der Waals surface area contributed by atoms with Gasteiger partial charge in [-0.15, -0.1) is 12.4 Å². The molecule has 18 heavy (non-hydrogen) atoms. The second kappa shape index (κ2) is 5.98. The molecule has 0 amide bonds. The Balaban J connectivity index is 0.00000162. The van der Waals surface area contributed by atoms with Crippen molar-refractivity contribution in [1.29, 1.82) is 0 Å². The highest BCUT2D eigenvalue weighted by Gasteiger charge is 2.13. The lowest BCUT2D eigenvalue weighted by atomic mass is 10.0. The minimum Gasteiger partial charge on any atom is -0.508 e. The summed E-state index contributed by atoms with van der Waals surface area (Å²) in [5.41, 5.74) is 6.37. The fourth-order valence-corrected chi connectivity index (χ4v) is 1.81. The monoisotopic (exact) mass is 273 g/mol. The van der Waals surface area contributed by atoms with Crippen molar-refractivity contribution in [2.24, 2.45) is 5.73 Å². The Hall–Kier alpha value is -1.39. The highest BCUT2D eigenvalue weighted by molar-refractivity contribution is 5.85. The number of hydrogen-bond acceptors (Lipinski definition) is 2. The van der Waals surface area contributed by atoms with E-state index >= 15 is 0 Å². The van der Waals surface area contributed by atoms with Crippen LogP contribution in [0, 0.1) is 0 Å². The molecule has 2 nitrogen and oxygen atoms in total. The Labute approximate surface area is 110 Å². The average Bonchev–Trinajstić information content (AvgIpc) is 2.27. The number of phenols is 1. The third-order valence-corrected chi connectivity index (χ3v) is 2.71. The second-order valence-electron chi connectivity index (χ2n) is 4.02. The van der Waals surface area contributed by atoms with E-state index in [4.69, 9.17) is 5.73 Å². The second-order valence-corrected chi connectivity index (χ2v) is 4.02. The molecular weight excluding hydrogens is 260 g/mol.